The molecule has 0 radical (unpaired) electrons. The van der Waals surface area contributed by atoms with Crippen LogP contribution in [0.25, 0.3) is 0 Å². The second-order valence-electron chi connectivity index (χ2n) is 2.20. The van der Waals surface area contributed by atoms with Gasteiger partial charge >= 0.3 is 0 Å². The fourth-order valence-corrected chi connectivity index (χ4v) is 3.17. The Morgan fingerprint density at radius 1 is 1.62 bits per heavy atom. The first-order valence-electron chi connectivity index (χ1n) is 2.45. The molecule has 0 saturated carbocycles. The molecule has 0 aliphatic heterocycles. The van der Waals surface area contributed by atoms with Gasteiger partial charge in [-0.15, -0.1) is 0 Å². The molecular formula is C6H14S2. The van der Waals surface area contributed by atoms with Crippen LogP contribution in [0.4, 0.5) is 0 Å². The quantitative estimate of drug-likeness (QED) is 0.595. The van der Waals surface area contributed by atoms with Crippen molar-refractivity contribution in [2.24, 2.45) is 0 Å². The van der Waals surface area contributed by atoms with Crippen LogP contribution in [-0.2, 0) is 0 Å². The van der Waals surface area contributed by atoms with Crippen molar-refractivity contribution in [2.75, 3.05) is 23.9 Å². The molecule has 0 aromatic rings. The van der Waals surface area contributed by atoms with Gasteiger partial charge in [-0.3, -0.25) is 0 Å². The van der Waals surface area contributed by atoms with Gasteiger partial charge in [-0.2, -0.15) is 11.8 Å². The molecule has 0 atom stereocenters. The topological polar surface area (TPSA) is 0 Å². The Bertz CT molecular complexity index is 76.6. The van der Waals surface area contributed by atoms with E-state index in [9.17, 15) is 0 Å². The molecule has 0 aromatic carbocycles. The number of hydrogen-bond acceptors (Lipinski definition) is 1. The van der Waals surface area contributed by atoms with Crippen molar-refractivity contribution in [1.82, 2.24) is 0 Å². The van der Waals surface area contributed by atoms with E-state index in [1.165, 1.54) is 5.08 Å². The second-order valence-corrected chi connectivity index (χ2v) is 7.30. The van der Waals surface area contributed by atoms with Crippen LogP contribution >= 0.6 is 21.8 Å². The number of hydrogen-bond donors (Lipinski definition) is 0. The van der Waals surface area contributed by atoms with Gasteiger partial charge in [0.25, 0.3) is 0 Å². The molecule has 50 valence electrons. The number of rotatable bonds is 3. The Morgan fingerprint density at radius 2 is 2.12 bits per heavy atom. The first kappa shape index (κ1) is 8.44. The Kier molecular flexibility index (Phi) is 3.65. The maximum atomic E-state index is 3.77. The zero-order chi connectivity index (χ0) is 6.62. The molecule has 0 aromatic heterocycles. The lowest BCUT2D eigenvalue weighted by molar-refractivity contribution is 2.02. The minimum absolute atomic E-state index is 0.443. The fraction of sp³-hybridized carbons (Fsp3) is 0.667. The van der Waals surface area contributed by atoms with Crippen LogP contribution in [0.1, 0.15) is 0 Å². The highest BCUT2D eigenvalue weighted by Gasteiger charge is 2.02. The largest absolute Gasteiger partial charge is 0.218 e. The summed E-state index contributed by atoms with van der Waals surface area (Å²) < 4.78 is 0. The van der Waals surface area contributed by atoms with Crippen molar-refractivity contribution in [3.8, 4) is 0 Å². The summed E-state index contributed by atoms with van der Waals surface area (Å²) >= 11 is 1.90. The van der Waals surface area contributed by atoms with Crippen molar-refractivity contribution in [3.05, 3.63) is 12.0 Å². The predicted octanol–water partition coefficient (Wildman–Crippen LogP) is 2.51. The van der Waals surface area contributed by atoms with Crippen molar-refractivity contribution in [3.63, 3.8) is 0 Å². The van der Waals surface area contributed by atoms with Crippen LogP contribution in [0.2, 0.25) is 0 Å². The Balaban J connectivity index is 3.53. The molecule has 0 amide bonds. The molecule has 8 heavy (non-hydrogen) atoms. The molecule has 0 bridgehead atoms. The zero-order valence-electron chi connectivity index (χ0n) is 5.81. The van der Waals surface area contributed by atoms with Gasteiger partial charge in [-0.25, -0.2) is 10.0 Å². The summed E-state index contributed by atoms with van der Waals surface area (Å²) in [6.07, 6.45) is 6.69. The smallest absolute Gasteiger partial charge is 0.0260 e. The normalized spacial score (nSPS) is 13.4. The first-order chi connectivity index (χ1) is 3.62. The van der Waals surface area contributed by atoms with Crippen LogP contribution in [0, 0.1) is 0 Å². The molecule has 0 heterocycles. The van der Waals surface area contributed by atoms with E-state index in [-0.39, 0.29) is 0 Å². The van der Waals surface area contributed by atoms with Gasteiger partial charge in [0.05, 0.1) is 0 Å². The monoisotopic (exact) mass is 150 g/mol. The van der Waals surface area contributed by atoms with Gasteiger partial charge in [-0.1, -0.05) is 12.0 Å². The lowest BCUT2D eigenvalue weighted by Crippen LogP contribution is -1.91. The summed E-state index contributed by atoms with van der Waals surface area (Å²) in [7, 11) is -0.443. The van der Waals surface area contributed by atoms with Gasteiger partial charge < -0.3 is 0 Å². The van der Waals surface area contributed by atoms with Crippen LogP contribution in [0.3, 0.4) is 0 Å². The standard InChI is InChI=1S/C6H14S2/c1-5-8(3,4)6-7-2/h5H,1,6H2,2-4H3. The first-order valence-corrected chi connectivity index (χ1v) is 6.52. The Labute approximate surface area is 58.1 Å². The van der Waals surface area contributed by atoms with Gasteiger partial charge in [0.2, 0.25) is 0 Å². The summed E-state index contributed by atoms with van der Waals surface area (Å²) in [4.78, 5) is 0. The van der Waals surface area contributed by atoms with E-state index < -0.39 is 10.0 Å². The van der Waals surface area contributed by atoms with Crippen molar-refractivity contribution in [1.29, 1.82) is 0 Å². The third-order valence-corrected chi connectivity index (χ3v) is 5.15. The summed E-state index contributed by atoms with van der Waals surface area (Å²) in [5.74, 6) is 0. The highest BCUT2D eigenvalue weighted by atomic mass is 32.3. The van der Waals surface area contributed by atoms with Crippen molar-refractivity contribution < 1.29 is 0 Å². The molecule has 0 aliphatic carbocycles. The third-order valence-electron chi connectivity index (χ3n) is 0.873. The molecule has 0 spiro atoms. The van der Waals surface area contributed by atoms with E-state index in [1.54, 1.807) is 0 Å². The van der Waals surface area contributed by atoms with Crippen LogP contribution < -0.4 is 0 Å². The van der Waals surface area contributed by atoms with Gasteiger partial charge in [0, 0.05) is 5.08 Å². The lowest BCUT2D eigenvalue weighted by atomic mass is 11.3. The summed E-state index contributed by atoms with van der Waals surface area (Å²) in [5.41, 5.74) is 0. The number of thioether (sulfide) groups is 1. The lowest BCUT2D eigenvalue weighted by Gasteiger charge is -2.24. The predicted molar refractivity (Wildman–Crippen MR) is 48.0 cm³/mol. The summed E-state index contributed by atoms with van der Waals surface area (Å²) in [5, 5.41) is 3.33. The molecule has 0 rings (SSSR count). The third kappa shape index (κ3) is 3.44. The average Bonchev–Trinajstić information content (AvgIpc) is 1.67. The van der Waals surface area contributed by atoms with E-state index in [0.29, 0.717) is 0 Å². The molecule has 2 heteroatoms. The van der Waals surface area contributed by atoms with Crippen LogP contribution in [0.5, 0.6) is 0 Å². The van der Waals surface area contributed by atoms with Gasteiger partial charge in [0.15, 0.2) is 0 Å². The van der Waals surface area contributed by atoms with Crippen molar-refractivity contribution >= 4 is 21.8 Å². The van der Waals surface area contributed by atoms with E-state index in [4.69, 9.17) is 0 Å². The van der Waals surface area contributed by atoms with E-state index in [0.717, 1.165) is 0 Å². The van der Waals surface area contributed by atoms with E-state index in [2.05, 4.69) is 30.8 Å². The average molecular weight is 150 g/mol. The highest BCUT2D eigenvalue weighted by molar-refractivity contribution is 8.40. The zero-order valence-corrected chi connectivity index (χ0v) is 7.44. The minimum atomic E-state index is -0.443. The Hall–Kier alpha value is 0.440. The SMILES string of the molecule is C=CS(C)(C)CSC. The van der Waals surface area contributed by atoms with Crippen LogP contribution in [-0.4, -0.2) is 23.9 Å². The van der Waals surface area contributed by atoms with Crippen molar-refractivity contribution in [2.45, 2.75) is 0 Å². The molecule has 0 unspecified atom stereocenters. The molecule has 0 aliphatic rings. The molecule has 0 fully saturated rings. The highest BCUT2D eigenvalue weighted by Crippen LogP contribution is 2.43. The summed E-state index contributed by atoms with van der Waals surface area (Å²) in [6, 6.07) is 0. The van der Waals surface area contributed by atoms with Gasteiger partial charge in [-0.05, 0) is 18.8 Å². The molecule has 0 nitrogen and oxygen atoms in total. The maximum absolute atomic E-state index is 3.77. The van der Waals surface area contributed by atoms with Crippen LogP contribution in [0.15, 0.2) is 12.0 Å². The Morgan fingerprint density at radius 3 is 2.25 bits per heavy atom. The second kappa shape index (κ2) is 3.46. The molecule has 0 N–H and O–H groups in total. The maximum Gasteiger partial charge on any atom is 0.0260 e. The summed E-state index contributed by atoms with van der Waals surface area (Å²) in [6.45, 7) is 3.77. The van der Waals surface area contributed by atoms with Gasteiger partial charge in [0.1, 0.15) is 0 Å². The van der Waals surface area contributed by atoms with E-state index in [1.807, 2.05) is 11.8 Å². The fourth-order valence-electron chi connectivity index (χ4n) is 0.352. The molecular weight excluding hydrogens is 136 g/mol. The van der Waals surface area contributed by atoms with E-state index >= 15 is 0 Å². The molecule has 0 saturated heterocycles. The minimum Gasteiger partial charge on any atom is -0.218 e.